The Labute approximate surface area is 232 Å². The van der Waals surface area contributed by atoms with Gasteiger partial charge >= 0.3 is 18.3 Å². The molecule has 8 nitrogen and oxygen atoms in total. The molecule has 0 amide bonds. The SMILES string of the molecule is CCOC(=O)Cc1[nH]c2ccc(Oc3ccc(CCl)cn3)c(-c3ccc(OC(F)(F)F)cc3)c2c1C(=O)OCC. The number of pyridine rings is 1. The fraction of sp³-hybridized carbons (Fsp3) is 0.250. The Bertz CT molecular complexity index is 1500. The van der Waals surface area contributed by atoms with E-state index in [2.05, 4.69) is 14.7 Å². The maximum Gasteiger partial charge on any atom is 0.573 e. The van der Waals surface area contributed by atoms with Crippen molar-refractivity contribution in [1.82, 2.24) is 9.97 Å². The van der Waals surface area contributed by atoms with Crippen molar-refractivity contribution in [2.24, 2.45) is 0 Å². The second kappa shape index (κ2) is 12.3. The zero-order valence-corrected chi connectivity index (χ0v) is 22.2. The van der Waals surface area contributed by atoms with Crippen molar-refractivity contribution in [1.29, 1.82) is 0 Å². The van der Waals surface area contributed by atoms with Crippen LogP contribution < -0.4 is 9.47 Å². The van der Waals surface area contributed by atoms with Gasteiger partial charge in [0.25, 0.3) is 0 Å². The highest BCUT2D eigenvalue weighted by Gasteiger charge is 2.31. The quantitative estimate of drug-likeness (QED) is 0.161. The zero-order valence-electron chi connectivity index (χ0n) is 21.4. The number of aromatic nitrogens is 2. The van der Waals surface area contributed by atoms with Crippen molar-refractivity contribution >= 4 is 34.4 Å². The van der Waals surface area contributed by atoms with Gasteiger partial charge < -0.3 is 23.9 Å². The number of alkyl halides is 4. The molecule has 0 radical (unpaired) electrons. The highest BCUT2D eigenvalue weighted by Crippen LogP contribution is 2.42. The molecule has 0 aliphatic carbocycles. The molecule has 2 heterocycles. The van der Waals surface area contributed by atoms with Gasteiger partial charge in [0.15, 0.2) is 0 Å². The van der Waals surface area contributed by atoms with Gasteiger partial charge in [0, 0.05) is 40.3 Å². The minimum atomic E-state index is -4.86. The standard InChI is InChI=1S/C28H24ClF3N2O6/c1-3-37-23(35)13-20-26(27(36)38-4-2)25-19(34-20)10-11-21(39-22-12-5-16(14-29)15-33-22)24(25)17-6-8-18(9-7-17)40-28(30,31)32/h5-12,15,34H,3-4,13-14H2,1-2H3. The minimum absolute atomic E-state index is 0.0657. The first-order valence-electron chi connectivity index (χ1n) is 12.2. The maximum absolute atomic E-state index is 13.2. The summed E-state index contributed by atoms with van der Waals surface area (Å²) in [6, 6.07) is 11.7. The van der Waals surface area contributed by atoms with Crippen LogP contribution in [0.5, 0.6) is 17.4 Å². The van der Waals surface area contributed by atoms with E-state index in [1.54, 1.807) is 44.3 Å². The van der Waals surface area contributed by atoms with Gasteiger partial charge in [-0.25, -0.2) is 9.78 Å². The van der Waals surface area contributed by atoms with Crippen LogP contribution in [0.4, 0.5) is 13.2 Å². The number of hydrogen-bond donors (Lipinski definition) is 1. The predicted octanol–water partition coefficient (Wildman–Crippen LogP) is 6.94. The highest BCUT2D eigenvalue weighted by atomic mass is 35.5. The molecule has 0 spiro atoms. The van der Waals surface area contributed by atoms with Gasteiger partial charge in [-0.05, 0) is 49.2 Å². The van der Waals surface area contributed by atoms with Crippen LogP contribution in [0.1, 0.15) is 35.5 Å². The monoisotopic (exact) mass is 576 g/mol. The zero-order chi connectivity index (χ0) is 28.9. The normalized spacial score (nSPS) is 11.3. The molecular weight excluding hydrogens is 553 g/mol. The Morgan fingerprint density at radius 3 is 2.30 bits per heavy atom. The van der Waals surface area contributed by atoms with E-state index >= 15 is 0 Å². The number of aromatic amines is 1. The fourth-order valence-electron chi connectivity index (χ4n) is 4.10. The largest absolute Gasteiger partial charge is 0.573 e. The summed E-state index contributed by atoms with van der Waals surface area (Å²) in [5.41, 5.74) is 2.32. The predicted molar refractivity (Wildman–Crippen MR) is 141 cm³/mol. The van der Waals surface area contributed by atoms with E-state index in [9.17, 15) is 22.8 Å². The molecule has 0 unspecified atom stereocenters. The van der Waals surface area contributed by atoms with Crippen LogP contribution in [0.25, 0.3) is 22.0 Å². The van der Waals surface area contributed by atoms with E-state index in [-0.39, 0.29) is 48.4 Å². The van der Waals surface area contributed by atoms with Crippen molar-refractivity contribution in [3.63, 3.8) is 0 Å². The molecule has 210 valence electrons. The third-order valence-corrected chi connectivity index (χ3v) is 5.96. The second-order valence-electron chi connectivity index (χ2n) is 8.35. The van der Waals surface area contributed by atoms with Gasteiger partial charge in [-0.2, -0.15) is 0 Å². The lowest BCUT2D eigenvalue weighted by Gasteiger charge is -2.15. The summed E-state index contributed by atoms with van der Waals surface area (Å²) in [4.78, 5) is 32.9. The highest BCUT2D eigenvalue weighted by molar-refractivity contribution is 6.17. The molecule has 0 saturated carbocycles. The van der Waals surface area contributed by atoms with Crippen molar-refractivity contribution in [2.75, 3.05) is 13.2 Å². The molecule has 2 aromatic carbocycles. The number of carbonyl (C=O) groups excluding carboxylic acids is 2. The molecule has 0 aliphatic heterocycles. The number of nitrogens with one attached hydrogen (secondary N) is 1. The van der Waals surface area contributed by atoms with Crippen LogP contribution in [0.2, 0.25) is 0 Å². The topological polar surface area (TPSA) is 99.7 Å². The van der Waals surface area contributed by atoms with E-state index in [1.165, 1.54) is 12.1 Å². The van der Waals surface area contributed by atoms with Crippen molar-refractivity contribution in [2.45, 2.75) is 32.5 Å². The van der Waals surface area contributed by atoms with Crippen LogP contribution in [0.3, 0.4) is 0 Å². The van der Waals surface area contributed by atoms with Gasteiger partial charge in [0.05, 0.1) is 25.2 Å². The summed E-state index contributed by atoms with van der Waals surface area (Å²) in [7, 11) is 0. The Kier molecular flexibility index (Phi) is 8.83. The molecule has 1 N–H and O–H groups in total. The van der Waals surface area contributed by atoms with E-state index < -0.39 is 24.1 Å². The lowest BCUT2D eigenvalue weighted by molar-refractivity contribution is -0.274. The summed E-state index contributed by atoms with van der Waals surface area (Å²) < 4.78 is 58.7. The first kappa shape index (κ1) is 28.8. The van der Waals surface area contributed by atoms with E-state index in [0.29, 0.717) is 22.0 Å². The smallest absolute Gasteiger partial charge is 0.466 e. The molecule has 0 fully saturated rings. The molecule has 4 rings (SSSR count). The van der Waals surface area contributed by atoms with Crippen LogP contribution in [0.15, 0.2) is 54.7 Å². The number of H-pyrrole nitrogens is 1. The van der Waals surface area contributed by atoms with Gasteiger partial charge in [0.1, 0.15) is 11.5 Å². The van der Waals surface area contributed by atoms with Crippen LogP contribution >= 0.6 is 11.6 Å². The molecule has 4 aromatic rings. The fourth-order valence-corrected chi connectivity index (χ4v) is 4.26. The van der Waals surface area contributed by atoms with E-state index in [1.807, 2.05) is 0 Å². The number of halogens is 4. The van der Waals surface area contributed by atoms with Crippen LogP contribution in [-0.2, 0) is 26.6 Å². The van der Waals surface area contributed by atoms with E-state index in [0.717, 1.165) is 17.7 Å². The van der Waals surface area contributed by atoms with Crippen molar-refractivity contribution < 1.29 is 41.7 Å². The van der Waals surface area contributed by atoms with Gasteiger partial charge in [-0.15, -0.1) is 24.8 Å². The molecule has 0 aliphatic rings. The molecule has 12 heteroatoms. The maximum atomic E-state index is 13.2. The number of carbonyl (C=O) groups is 2. The minimum Gasteiger partial charge on any atom is -0.466 e. The average Bonchev–Trinajstić information content (AvgIpc) is 3.27. The summed E-state index contributed by atoms with van der Waals surface area (Å²) in [6.07, 6.45) is -3.57. The number of hydrogen-bond acceptors (Lipinski definition) is 7. The van der Waals surface area contributed by atoms with Gasteiger partial charge in [-0.1, -0.05) is 18.2 Å². The lowest BCUT2D eigenvalue weighted by atomic mass is 9.96. The summed E-state index contributed by atoms with van der Waals surface area (Å²) in [5, 5.41) is 0.345. The number of esters is 2. The molecule has 0 atom stereocenters. The molecular formula is C28H24ClF3N2O6. The first-order valence-corrected chi connectivity index (χ1v) is 12.7. The van der Waals surface area contributed by atoms with E-state index in [4.69, 9.17) is 25.8 Å². The van der Waals surface area contributed by atoms with Crippen LogP contribution in [-0.4, -0.2) is 41.5 Å². The lowest BCUT2D eigenvalue weighted by Crippen LogP contribution is -2.16. The number of rotatable bonds is 10. The first-order chi connectivity index (χ1) is 19.1. The molecule has 40 heavy (non-hydrogen) atoms. The molecule has 0 saturated heterocycles. The third kappa shape index (κ3) is 6.66. The summed E-state index contributed by atoms with van der Waals surface area (Å²) in [5.74, 6) is -0.969. The van der Waals surface area contributed by atoms with Gasteiger partial charge in [0.2, 0.25) is 5.88 Å². The van der Waals surface area contributed by atoms with Crippen LogP contribution in [0, 0.1) is 0 Å². The summed E-state index contributed by atoms with van der Waals surface area (Å²) in [6.45, 7) is 3.52. The Hall–Kier alpha value is -4.25. The summed E-state index contributed by atoms with van der Waals surface area (Å²) >= 11 is 5.85. The Morgan fingerprint density at radius 1 is 0.975 bits per heavy atom. The van der Waals surface area contributed by atoms with Crippen molar-refractivity contribution in [3.05, 3.63) is 71.5 Å². The van der Waals surface area contributed by atoms with Crippen molar-refractivity contribution in [3.8, 4) is 28.5 Å². The van der Waals surface area contributed by atoms with Gasteiger partial charge in [-0.3, -0.25) is 4.79 Å². The number of benzene rings is 2. The average molecular weight is 577 g/mol. The third-order valence-electron chi connectivity index (χ3n) is 5.65. The number of fused-ring (bicyclic) bond motifs is 1. The molecule has 2 aromatic heterocycles. The number of ether oxygens (including phenoxy) is 4. The Morgan fingerprint density at radius 2 is 1.70 bits per heavy atom. The second-order valence-corrected chi connectivity index (χ2v) is 8.62. The molecule has 0 bridgehead atoms. The Balaban J connectivity index is 1.93. The number of nitrogens with zero attached hydrogens (tertiary/aromatic N) is 1.